The van der Waals surface area contributed by atoms with Crippen LogP contribution in [0, 0.1) is 5.92 Å². The lowest BCUT2D eigenvalue weighted by Crippen LogP contribution is -2.28. The molecule has 0 spiro atoms. The van der Waals surface area contributed by atoms with Crippen molar-refractivity contribution in [2.75, 3.05) is 19.7 Å². The number of nitrogens with zero attached hydrogens (tertiary/aromatic N) is 1. The Morgan fingerprint density at radius 2 is 2.05 bits per heavy atom. The number of hydrogen-bond acceptors (Lipinski definition) is 2. The zero-order chi connectivity index (χ0) is 13.8. The standard InChI is InChI=1S/C17H21NO2/c19-17(9-8-14-4-2-1-3-5-14)18-11-10-16(12-18)20-13-15-6-7-15/h1-5,8-9,15-16H,6-7,10-13H2/b9-8+. The molecule has 1 saturated heterocycles. The minimum absolute atomic E-state index is 0.0892. The molecular formula is C17H21NO2. The molecule has 1 amide bonds. The first-order chi connectivity index (χ1) is 9.81. The molecule has 2 fully saturated rings. The Morgan fingerprint density at radius 3 is 2.80 bits per heavy atom. The van der Waals surface area contributed by atoms with Crippen LogP contribution in [0.25, 0.3) is 6.08 Å². The molecule has 2 aliphatic rings. The third kappa shape index (κ3) is 3.70. The Kier molecular flexibility index (Phi) is 4.16. The number of benzene rings is 1. The number of amides is 1. The molecule has 3 rings (SSSR count). The number of carbonyl (C=O) groups is 1. The molecule has 3 heteroatoms. The molecule has 0 bridgehead atoms. The number of rotatable bonds is 5. The molecule has 1 saturated carbocycles. The highest BCUT2D eigenvalue weighted by atomic mass is 16.5. The van der Waals surface area contributed by atoms with Crippen LogP contribution in [0.5, 0.6) is 0 Å². The van der Waals surface area contributed by atoms with Gasteiger partial charge in [-0.2, -0.15) is 0 Å². The Balaban J connectivity index is 1.46. The summed E-state index contributed by atoms with van der Waals surface area (Å²) in [5.41, 5.74) is 1.06. The summed E-state index contributed by atoms with van der Waals surface area (Å²) in [6, 6.07) is 9.91. The Hall–Kier alpha value is -1.61. The summed E-state index contributed by atoms with van der Waals surface area (Å²) >= 11 is 0. The average molecular weight is 271 g/mol. The van der Waals surface area contributed by atoms with Gasteiger partial charge in [-0.25, -0.2) is 0 Å². The van der Waals surface area contributed by atoms with E-state index in [9.17, 15) is 4.79 Å². The lowest BCUT2D eigenvalue weighted by Gasteiger charge is -2.14. The minimum Gasteiger partial charge on any atom is -0.376 e. The van der Waals surface area contributed by atoms with Gasteiger partial charge >= 0.3 is 0 Å². The predicted octanol–water partition coefficient (Wildman–Crippen LogP) is 2.73. The number of hydrogen-bond donors (Lipinski definition) is 0. The normalized spacial score (nSPS) is 22.6. The molecule has 1 aliphatic carbocycles. The van der Waals surface area contributed by atoms with E-state index in [0.29, 0.717) is 0 Å². The highest BCUT2D eigenvalue weighted by molar-refractivity contribution is 5.91. The van der Waals surface area contributed by atoms with Gasteiger partial charge in [0.2, 0.25) is 5.91 Å². The molecule has 1 aromatic rings. The summed E-state index contributed by atoms with van der Waals surface area (Å²) in [6.45, 7) is 2.44. The van der Waals surface area contributed by atoms with Crippen LogP contribution in [0.3, 0.4) is 0 Å². The van der Waals surface area contributed by atoms with E-state index in [2.05, 4.69) is 0 Å². The van der Waals surface area contributed by atoms with E-state index in [4.69, 9.17) is 4.74 Å². The van der Waals surface area contributed by atoms with E-state index in [1.54, 1.807) is 6.08 Å². The molecule has 0 radical (unpaired) electrons. The van der Waals surface area contributed by atoms with Crippen LogP contribution in [-0.2, 0) is 9.53 Å². The highest BCUT2D eigenvalue weighted by Gasteiger charge is 2.28. The summed E-state index contributed by atoms with van der Waals surface area (Å²) in [5, 5.41) is 0. The lowest BCUT2D eigenvalue weighted by atomic mass is 10.2. The third-order valence-electron chi connectivity index (χ3n) is 3.94. The van der Waals surface area contributed by atoms with Crippen LogP contribution in [0.2, 0.25) is 0 Å². The number of likely N-dealkylation sites (tertiary alicyclic amines) is 1. The summed E-state index contributed by atoms with van der Waals surface area (Å²) in [4.78, 5) is 14.0. The van der Waals surface area contributed by atoms with Crippen molar-refractivity contribution in [3.05, 3.63) is 42.0 Å². The summed E-state index contributed by atoms with van der Waals surface area (Å²) in [6.07, 6.45) is 7.38. The second-order valence-corrected chi connectivity index (χ2v) is 5.72. The molecule has 20 heavy (non-hydrogen) atoms. The quantitative estimate of drug-likeness (QED) is 0.771. The van der Waals surface area contributed by atoms with Crippen LogP contribution >= 0.6 is 0 Å². The topological polar surface area (TPSA) is 29.5 Å². The average Bonchev–Trinajstić information content (AvgIpc) is 3.20. The fourth-order valence-corrected chi connectivity index (χ4v) is 2.46. The zero-order valence-corrected chi connectivity index (χ0v) is 11.7. The maximum Gasteiger partial charge on any atom is 0.246 e. The summed E-state index contributed by atoms with van der Waals surface area (Å²) in [7, 11) is 0. The Labute approximate surface area is 120 Å². The van der Waals surface area contributed by atoms with Gasteiger partial charge in [0, 0.05) is 25.8 Å². The van der Waals surface area contributed by atoms with Gasteiger partial charge in [0.25, 0.3) is 0 Å². The Morgan fingerprint density at radius 1 is 1.25 bits per heavy atom. The fourth-order valence-electron chi connectivity index (χ4n) is 2.46. The van der Waals surface area contributed by atoms with Gasteiger partial charge in [-0.3, -0.25) is 4.79 Å². The second kappa shape index (κ2) is 6.23. The van der Waals surface area contributed by atoms with Gasteiger partial charge in [-0.05, 0) is 36.8 Å². The highest BCUT2D eigenvalue weighted by Crippen LogP contribution is 2.30. The minimum atomic E-state index is 0.0892. The smallest absolute Gasteiger partial charge is 0.246 e. The molecule has 1 aliphatic heterocycles. The molecule has 1 unspecified atom stereocenters. The van der Waals surface area contributed by atoms with Crippen molar-refractivity contribution in [3.8, 4) is 0 Å². The second-order valence-electron chi connectivity index (χ2n) is 5.72. The molecule has 106 valence electrons. The summed E-state index contributed by atoms with van der Waals surface area (Å²) in [5.74, 6) is 0.879. The maximum absolute atomic E-state index is 12.1. The molecule has 1 aromatic carbocycles. The van der Waals surface area contributed by atoms with Crippen LogP contribution < -0.4 is 0 Å². The first-order valence-corrected chi connectivity index (χ1v) is 7.45. The Bertz CT molecular complexity index is 479. The van der Waals surface area contributed by atoms with Gasteiger partial charge in [0.15, 0.2) is 0 Å². The third-order valence-corrected chi connectivity index (χ3v) is 3.94. The molecular weight excluding hydrogens is 250 g/mol. The van der Waals surface area contributed by atoms with Crippen LogP contribution in [0.4, 0.5) is 0 Å². The molecule has 1 heterocycles. The largest absolute Gasteiger partial charge is 0.376 e. The van der Waals surface area contributed by atoms with Gasteiger partial charge in [-0.1, -0.05) is 30.3 Å². The zero-order valence-electron chi connectivity index (χ0n) is 11.7. The van der Waals surface area contributed by atoms with E-state index in [0.717, 1.165) is 37.6 Å². The van der Waals surface area contributed by atoms with Crippen LogP contribution in [-0.4, -0.2) is 36.6 Å². The van der Waals surface area contributed by atoms with Crippen molar-refractivity contribution in [1.82, 2.24) is 4.90 Å². The van der Waals surface area contributed by atoms with E-state index < -0.39 is 0 Å². The first-order valence-electron chi connectivity index (χ1n) is 7.45. The molecule has 3 nitrogen and oxygen atoms in total. The maximum atomic E-state index is 12.1. The van der Waals surface area contributed by atoms with Crippen molar-refractivity contribution >= 4 is 12.0 Å². The van der Waals surface area contributed by atoms with Crippen molar-refractivity contribution in [2.24, 2.45) is 5.92 Å². The SMILES string of the molecule is O=C(/C=C/c1ccccc1)N1CCC(OCC2CC2)C1. The first kappa shape index (κ1) is 13.4. The summed E-state index contributed by atoms with van der Waals surface area (Å²) < 4.78 is 5.85. The van der Waals surface area contributed by atoms with Crippen LogP contribution in [0.15, 0.2) is 36.4 Å². The predicted molar refractivity (Wildman–Crippen MR) is 79.1 cm³/mol. The van der Waals surface area contributed by atoms with Gasteiger partial charge < -0.3 is 9.64 Å². The van der Waals surface area contributed by atoms with E-state index in [-0.39, 0.29) is 12.0 Å². The molecule has 0 N–H and O–H groups in total. The van der Waals surface area contributed by atoms with E-state index >= 15 is 0 Å². The van der Waals surface area contributed by atoms with Gasteiger partial charge in [-0.15, -0.1) is 0 Å². The number of ether oxygens (including phenoxy) is 1. The van der Waals surface area contributed by atoms with Gasteiger partial charge in [0.1, 0.15) is 0 Å². The van der Waals surface area contributed by atoms with Gasteiger partial charge in [0.05, 0.1) is 6.10 Å². The lowest BCUT2D eigenvalue weighted by molar-refractivity contribution is -0.125. The van der Waals surface area contributed by atoms with Crippen molar-refractivity contribution in [2.45, 2.75) is 25.4 Å². The van der Waals surface area contributed by atoms with Crippen molar-refractivity contribution in [3.63, 3.8) is 0 Å². The molecule has 1 atom stereocenters. The monoisotopic (exact) mass is 271 g/mol. The van der Waals surface area contributed by atoms with Crippen LogP contribution in [0.1, 0.15) is 24.8 Å². The van der Waals surface area contributed by atoms with Crippen molar-refractivity contribution in [1.29, 1.82) is 0 Å². The van der Waals surface area contributed by atoms with E-state index in [1.165, 1.54) is 12.8 Å². The molecule has 0 aromatic heterocycles. The fraction of sp³-hybridized carbons (Fsp3) is 0.471. The van der Waals surface area contributed by atoms with E-state index in [1.807, 2.05) is 41.3 Å². The van der Waals surface area contributed by atoms with Crippen molar-refractivity contribution < 1.29 is 9.53 Å². The number of carbonyl (C=O) groups excluding carboxylic acids is 1.